The summed E-state index contributed by atoms with van der Waals surface area (Å²) in [5.74, 6) is -0.336. The first-order valence-electron chi connectivity index (χ1n) is 5.92. The average Bonchev–Trinajstić information content (AvgIpc) is 2.65. The van der Waals surface area contributed by atoms with Crippen LogP contribution in [-0.4, -0.2) is 27.9 Å². The number of carbonyl (C=O) groups excluding carboxylic acids is 1. The predicted octanol–water partition coefficient (Wildman–Crippen LogP) is 1.25. The summed E-state index contributed by atoms with van der Waals surface area (Å²) >= 11 is 0. The lowest BCUT2D eigenvalue weighted by molar-refractivity contribution is -0.149. The summed E-state index contributed by atoms with van der Waals surface area (Å²) in [5, 5.41) is 4.18. The molecule has 0 spiro atoms. The van der Waals surface area contributed by atoms with Gasteiger partial charge in [0.25, 0.3) is 0 Å². The maximum atomic E-state index is 11.6. The summed E-state index contributed by atoms with van der Waals surface area (Å²) in [6.45, 7) is 6.62. The van der Waals surface area contributed by atoms with Gasteiger partial charge < -0.3 is 10.5 Å². The summed E-state index contributed by atoms with van der Waals surface area (Å²) in [6, 6.07) is 1.95. The van der Waals surface area contributed by atoms with E-state index in [1.807, 2.05) is 17.7 Å². The fourth-order valence-corrected chi connectivity index (χ4v) is 1.63. The number of nitrogens with two attached hydrogens (primary N) is 1. The molecular formula is C12H21N3O2. The molecule has 5 heteroatoms. The van der Waals surface area contributed by atoms with Crippen molar-refractivity contribution in [3.05, 3.63) is 18.0 Å². The Hall–Kier alpha value is -1.36. The molecule has 0 saturated carbocycles. The third kappa shape index (κ3) is 3.85. The summed E-state index contributed by atoms with van der Waals surface area (Å²) in [6.07, 6.45) is 3.15. The van der Waals surface area contributed by atoms with Crippen LogP contribution in [0.25, 0.3) is 0 Å². The number of aryl methyl sites for hydroxylation is 2. The van der Waals surface area contributed by atoms with Crippen LogP contribution in [-0.2, 0) is 16.1 Å². The van der Waals surface area contributed by atoms with Gasteiger partial charge in [-0.3, -0.25) is 9.48 Å². The van der Waals surface area contributed by atoms with Gasteiger partial charge in [-0.2, -0.15) is 5.10 Å². The van der Waals surface area contributed by atoms with Crippen molar-refractivity contribution in [2.45, 2.75) is 45.7 Å². The van der Waals surface area contributed by atoms with E-state index in [2.05, 4.69) is 5.10 Å². The molecule has 0 aromatic carbocycles. The lowest BCUT2D eigenvalue weighted by Gasteiger charge is -2.22. The van der Waals surface area contributed by atoms with Crippen LogP contribution in [0.15, 0.2) is 12.3 Å². The number of esters is 1. The number of hydrogen-bond acceptors (Lipinski definition) is 4. The Bertz CT molecular complexity index is 372. The molecule has 2 N–H and O–H groups in total. The van der Waals surface area contributed by atoms with Crippen molar-refractivity contribution in [1.29, 1.82) is 0 Å². The number of rotatable bonds is 6. The molecule has 0 radical (unpaired) electrons. The van der Waals surface area contributed by atoms with Crippen molar-refractivity contribution in [2.24, 2.45) is 5.73 Å². The highest BCUT2D eigenvalue weighted by molar-refractivity contribution is 5.79. The first-order chi connectivity index (χ1) is 7.97. The molecule has 1 heterocycles. The second-order valence-corrected chi connectivity index (χ2v) is 4.44. The molecule has 1 unspecified atom stereocenters. The molecule has 0 aliphatic rings. The highest BCUT2D eigenvalue weighted by Crippen LogP contribution is 2.12. The van der Waals surface area contributed by atoms with E-state index < -0.39 is 5.54 Å². The van der Waals surface area contributed by atoms with Crippen molar-refractivity contribution in [3.63, 3.8) is 0 Å². The zero-order valence-corrected chi connectivity index (χ0v) is 10.8. The monoisotopic (exact) mass is 239 g/mol. The van der Waals surface area contributed by atoms with E-state index in [1.54, 1.807) is 20.0 Å². The van der Waals surface area contributed by atoms with Gasteiger partial charge in [0.05, 0.1) is 6.61 Å². The van der Waals surface area contributed by atoms with Gasteiger partial charge in [0.2, 0.25) is 0 Å². The molecule has 1 rings (SSSR count). The first-order valence-corrected chi connectivity index (χ1v) is 5.92. The third-order valence-electron chi connectivity index (χ3n) is 2.74. The van der Waals surface area contributed by atoms with Crippen molar-refractivity contribution >= 4 is 5.97 Å². The quantitative estimate of drug-likeness (QED) is 0.758. The van der Waals surface area contributed by atoms with E-state index in [1.165, 1.54) is 0 Å². The minimum atomic E-state index is -0.906. The fraction of sp³-hybridized carbons (Fsp3) is 0.667. The molecule has 1 aromatic heterocycles. The Kier molecular flexibility index (Phi) is 4.69. The van der Waals surface area contributed by atoms with E-state index in [9.17, 15) is 4.79 Å². The molecule has 17 heavy (non-hydrogen) atoms. The Morgan fingerprint density at radius 1 is 1.65 bits per heavy atom. The van der Waals surface area contributed by atoms with E-state index in [0.717, 1.165) is 18.7 Å². The van der Waals surface area contributed by atoms with Crippen LogP contribution >= 0.6 is 0 Å². The third-order valence-corrected chi connectivity index (χ3v) is 2.74. The van der Waals surface area contributed by atoms with Gasteiger partial charge in [-0.05, 0) is 39.7 Å². The van der Waals surface area contributed by atoms with Gasteiger partial charge in [0.1, 0.15) is 5.54 Å². The molecule has 0 fully saturated rings. The molecule has 0 bridgehead atoms. The van der Waals surface area contributed by atoms with Crippen LogP contribution in [0, 0.1) is 6.92 Å². The SMILES string of the molecule is CCOC(=O)C(C)(N)CCCn1nccc1C. The van der Waals surface area contributed by atoms with Crippen LogP contribution < -0.4 is 5.73 Å². The lowest BCUT2D eigenvalue weighted by Crippen LogP contribution is -2.46. The van der Waals surface area contributed by atoms with Gasteiger partial charge in [-0.15, -0.1) is 0 Å². The van der Waals surface area contributed by atoms with Crippen molar-refractivity contribution in [1.82, 2.24) is 9.78 Å². The Morgan fingerprint density at radius 2 is 2.35 bits per heavy atom. The normalized spacial score (nSPS) is 14.4. The zero-order valence-electron chi connectivity index (χ0n) is 10.8. The first kappa shape index (κ1) is 13.7. The summed E-state index contributed by atoms with van der Waals surface area (Å²) in [7, 11) is 0. The van der Waals surface area contributed by atoms with Crippen LogP contribution in [0.4, 0.5) is 0 Å². The molecular weight excluding hydrogens is 218 g/mol. The van der Waals surface area contributed by atoms with Gasteiger partial charge in [-0.1, -0.05) is 0 Å². The number of nitrogens with zero attached hydrogens (tertiary/aromatic N) is 2. The smallest absolute Gasteiger partial charge is 0.325 e. The van der Waals surface area contributed by atoms with E-state index in [0.29, 0.717) is 13.0 Å². The predicted molar refractivity (Wildman–Crippen MR) is 65.4 cm³/mol. The average molecular weight is 239 g/mol. The van der Waals surface area contributed by atoms with Crippen LogP contribution in [0.2, 0.25) is 0 Å². The molecule has 0 aliphatic heterocycles. The number of aromatic nitrogens is 2. The Balaban J connectivity index is 2.40. The molecule has 1 atom stereocenters. The second kappa shape index (κ2) is 5.82. The molecule has 1 aromatic rings. The fourth-order valence-electron chi connectivity index (χ4n) is 1.63. The highest BCUT2D eigenvalue weighted by atomic mass is 16.5. The highest BCUT2D eigenvalue weighted by Gasteiger charge is 2.29. The second-order valence-electron chi connectivity index (χ2n) is 4.44. The maximum absolute atomic E-state index is 11.6. The number of carbonyl (C=O) groups is 1. The minimum Gasteiger partial charge on any atom is -0.465 e. The van der Waals surface area contributed by atoms with Gasteiger partial charge in [0, 0.05) is 18.4 Å². The van der Waals surface area contributed by atoms with Crippen molar-refractivity contribution in [3.8, 4) is 0 Å². The van der Waals surface area contributed by atoms with E-state index >= 15 is 0 Å². The topological polar surface area (TPSA) is 70.1 Å². The summed E-state index contributed by atoms with van der Waals surface area (Å²) < 4.78 is 6.84. The van der Waals surface area contributed by atoms with Crippen LogP contribution in [0.1, 0.15) is 32.4 Å². The molecule has 96 valence electrons. The van der Waals surface area contributed by atoms with Crippen molar-refractivity contribution in [2.75, 3.05) is 6.61 Å². The number of ether oxygens (including phenoxy) is 1. The van der Waals surface area contributed by atoms with E-state index in [-0.39, 0.29) is 5.97 Å². The molecule has 5 nitrogen and oxygen atoms in total. The summed E-state index contributed by atoms with van der Waals surface area (Å²) in [5.41, 5.74) is 6.12. The van der Waals surface area contributed by atoms with Crippen LogP contribution in [0.5, 0.6) is 0 Å². The Labute approximate surface area is 102 Å². The minimum absolute atomic E-state index is 0.336. The van der Waals surface area contributed by atoms with Gasteiger partial charge in [-0.25, -0.2) is 0 Å². The summed E-state index contributed by atoms with van der Waals surface area (Å²) in [4.78, 5) is 11.6. The lowest BCUT2D eigenvalue weighted by atomic mass is 9.97. The molecule has 0 amide bonds. The number of hydrogen-bond donors (Lipinski definition) is 1. The standard InChI is InChI=1S/C12H21N3O2/c1-4-17-11(16)12(3,13)7-5-9-15-10(2)6-8-14-15/h6,8H,4-5,7,9,13H2,1-3H3. The maximum Gasteiger partial charge on any atom is 0.325 e. The Morgan fingerprint density at radius 3 is 2.88 bits per heavy atom. The van der Waals surface area contributed by atoms with Gasteiger partial charge >= 0.3 is 5.97 Å². The van der Waals surface area contributed by atoms with E-state index in [4.69, 9.17) is 10.5 Å². The zero-order chi connectivity index (χ0) is 12.9. The van der Waals surface area contributed by atoms with Crippen LogP contribution in [0.3, 0.4) is 0 Å². The molecule has 0 aliphatic carbocycles. The van der Waals surface area contributed by atoms with Crippen molar-refractivity contribution < 1.29 is 9.53 Å². The largest absolute Gasteiger partial charge is 0.465 e. The van der Waals surface area contributed by atoms with Gasteiger partial charge in [0.15, 0.2) is 0 Å². The molecule has 0 saturated heterocycles.